The molecule has 102 valence electrons. The zero-order valence-electron chi connectivity index (χ0n) is 11.3. The predicted molar refractivity (Wildman–Crippen MR) is 91.5 cm³/mol. The summed E-state index contributed by atoms with van der Waals surface area (Å²) in [6, 6.07) is 21.7. The molecule has 3 aromatic carbocycles. The number of rotatable bonds is 3. The van der Waals surface area contributed by atoms with Gasteiger partial charge in [0.2, 0.25) is 0 Å². The molecule has 3 aromatic rings. The first-order chi connectivity index (χ1) is 10.2. The standard InChI is InChI=1S/C19H13BrO/c20-17-11-8-16(9-12-17)19(21)13-10-15-6-3-5-14-4-1-2-7-18(14)15/h1-13H/b13-10+. The maximum atomic E-state index is 12.2. The Morgan fingerprint density at radius 2 is 1.57 bits per heavy atom. The van der Waals surface area contributed by atoms with Crippen LogP contribution in [-0.2, 0) is 0 Å². The van der Waals surface area contributed by atoms with Crippen molar-refractivity contribution in [3.63, 3.8) is 0 Å². The van der Waals surface area contributed by atoms with Crippen molar-refractivity contribution in [2.75, 3.05) is 0 Å². The minimum Gasteiger partial charge on any atom is -0.289 e. The molecule has 0 unspecified atom stereocenters. The van der Waals surface area contributed by atoms with E-state index in [2.05, 4.69) is 34.1 Å². The highest BCUT2D eigenvalue weighted by molar-refractivity contribution is 9.10. The van der Waals surface area contributed by atoms with E-state index in [-0.39, 0.29) is 5.78 Å². The molecule has 1 nitrogen and oxygen atoms in total. The van der Waals surface area contributed by atoms with Gasteiger partial charge in [0.1, 0.15) is 0 Å². The third kappa shape index (κ3) is 3.11. The van der Waals surface area contributed by atoms with Crippen molar-refractivity contribution in [2.24, 2.45) is 0 Å². The van der Waals surface area contributed by atoms with Crippen LogP contribution in [0.1, 0.15) is 15.9 Å². The number of hydrogen-bond donors (Lipinski definition) is 0. The zero-order valence-corrected chi connectivity index (χ0v) is 12.9. The summed E-state index contributed by atoms with van der Waals surface area (Å²) in [5, 5.41) is 2.33. The highest BCUT2D eigenvalue weighted by Gasteiger charge is 2.02. The summed E-state index contributed by atoms with van der Waals surface area (Å²) in [5.41, 5.74) is 1.74. The third-order valence-corrected chi connectivity index (χ3v) is 3.90. The van der Waals surface area contributed by atoms with Crippen LogP contribution in [0.5, 0.6) is 0 Å². The van der Waals surface area contributed by atoms with E-state index in [4.69, 9.17) is 0 Å². The first-order valence-corrected chi connectivity index (χ1v) is 7.49. The average molecular weight is 337 g/mol. The molecule has 0 N–H and O–H groups in total. The maximum Gasteiger partial charge on any atom is 0.185 e. The number of allylic oxidation sites excluding steroid dienone is 1. The van der Waals surface area contributed by atoms with E-state index in [0.29, 0.717) is 5.56 Å². The van der Waals surface area contributed by atoms with Gasteiger partial charge in [-0.15, -0.1) is 0 Å². The number of hydrogen-bond acceptors (Lipinski definition) is 1. The summed E-state index contributed by atoms with van der Waals surface area (Å²) in [4.78, 5) is 12.2. The second-order valence-electron chi connectivity index (χ2n) is 4.77. The van der Waals surface area contributed by atoms with Crippen LogP contribution in [0.2, 0.25) is 0 Å². The Labute approximate surface area is 132 Å². The molecule has 3 rings (SSSR count). The van der Waals surface area contributed by atoms with Gasteiger partial charge in [0.05, 0.1) is 0 Å². The van der Waals surface area contributed by atoms with E-state index in [9.17, 15) is 4.79 Å². The van der Waals surface area contributed by atoms with E-state index < -0.39 is 0 Å². The number of carbonyl (C=O) groups excluding carboxylic acids is 1. The summed E-state index contributed by atoms with van der Waals surface area (Å²) in [6.07, 6.45) is 3.51. The molecule has 21 heavy (non-hydrogen) atoms. The minimum atomic E-state index is 0.00966. The lowest BCUT2D eigenvalue weighted by Gasteiger charge is -2.01. The smallest absolute Gasteiger partial charge is 0.185 e. The average Bonchev–Trinajstić information content (AvgIpc) is 2.53. The highest BCUT2D eigenvalue weighted by atomic mass is 79.9. The van der Waals surface area contributed by atoms with Crippen LogP contribution in [0.3, 0.4) is 0 Å². The lowest BCUT2D eigenvalue weighted by molar-refractivity contribution is 0.104. The Kier molecular flexibility index (Phi) is 3.98. The maximum absolute atomic E-state index is 12.2. The molecule has 0 saturated heterocycles. The zero-order chi connectivity index (χ0) is 14.7. The molecule has 2 heteroatoms. The third-order valence-electron chi connectivity index (χ3n) is 3.37. The lowest BCUT2D eigenvalue weighted by Crippen LogP contribution is -1.93. The molecule has 0 aliphatic heterocycles. The van der Waals surface area contributed by atoms with Crippen molar-refractivity contribution in [3.8, 4) is 0 Å². The number of benzene rings is 3. The van der Waals surface area contributed by atoms with Crippen molar-refractivity contribution >= 4 is 38.6 Å². The van der Waals surface area contributed by atoms with Gasteiger partial charge < -0.3 is 0 Å². The van der Waals surface area contributed by atoms with Gasteiger partial charge in [-0.25, -0.2) is 0 Å². The molecule has 0 radical (unpaired) electrons. The molecule has 0 atom stereocenters. The largest absolute Gasteiger partial charge is 0.289 e. The molecule has 0 aliphatic rings. The molecular formula is C19H13BrO. The van der Waals surface area contributed by atoms with E-state index in [0.717, 1.165) is 15.4 Å². The van der Waals surface area contributed by atoms with Gasteiger partial charge in [-0.3, -0.25) is 4.79 Å². The molecule has 0 spiro atoms. The number of fused-ring (bicyclic) bond motifs is 1. The SMILES string of the molecule is O=C(/C=C/c1cccc2ccccc12)c1ccc(Br)cc1. The van der Waals surface area contributed by atoms with Gasteiger partial charge in [0, 0.05) is 10.0 Å². The van der Waals surface area contributed by atoms with Gasteiger partial charge in [0.15, 0.2) is 5.78 Å². The summed E-state index contributed by atoms with van der Waals surface area (Å²) in [6.45, 7) is 0. The molecule has 0 heterocycles. The molecular weight excluding hydrogens is 324 g/mol. The summed E-state index contributed by atoms with van der Waals surface area (Å²) >= 11 is 3.37. The molecule has 0 aliphatic carbocycles. The number of carbonyl (C=O) groups is 1. The molecule has 0 bridgehead atoms. The lowest BCUT2D eigenvalue weighted by atomic mass is 10.0. The van der Waals surface area contributed by atoms with Crippen molar-refractivity contribution in [3.05, 3.63) is 88.4 Å². The molecule has 0 aromatic heterocycles. The van der Waals surface area contributed by atoms with Gasteiger partial charge in [0.25, 0.3) is 0 Å². The van der Waals surface area contributed by atoms with E-state index in [1.54, 1.807) is 6.08 Å². The number of ketones is 1. The fourth-order valence-electron chi connectivity index (χ4n) is 2.27. The molecule has 0 saturated carbocycles. The Balaban J connectivity index is 1.91. The van der Waals surface area contributed by atoms with Crippen molar-refractivity contribution < 1.29 is 4.79 Å². The Hall–Kier alpha value is -2.19. The number of halogens is 1. The van der Waals surface area contributed by atoms with E-state index >= 15 is 0 Å². The summed E-state index contributed by atoms with van der Waals surface area (Å²) in [7, 11) is 0. The van der Waals surface area contributed by atoms with E-state index in [1.807, 2.05) is 54.6 Å². The van der Waals surface area contributed by atoms with Gasteiger partial charge in [-0.05, 0) is 46.7 Å². The normalized spacial score (nSPS) is 11.1. The minimum absolute atomic E-state index is 0.00966. The fraction of sp³-hybridized carbons (Fsp3) is 0. The second kappa shape index (κ2) is 6.06. The highest BCUT2D eigenvalue weighted by Crippen LogP contribution is 2.20. The molecule has 0 amide bonds. The van der Waals surface area contributed by atoms with Crippen LogP contribution >= 0.6 is 15.9 Å². The Bertz CT molecular complexity index is 811. The van der Waals surface area contributed by atoms with Crippen LogP contribution < -0.4 is 0 Å². The first kappa shape index (κ1) is 13.8. The van der Waals surface area contributed by atoms with E-state index in [1.165, 1.54) is 5.39 Å². The van der Waals surface area contributed by atoms with Gasteiger partial charge in [-0.1, -0.05) is 64.5 Å². The monoisotopic (exact) mass is 336 g/mol. The van der Waals surface area contributed by atoms with Gasteiger partial charge in [-0.2, -0.15) is 0 Å². The van der Waals surface area contributed by atoms with Crippen molar-refractivity contribution in [2.45, 2.75) is 0 Å². The topological polar surface area (TPSA) is 17.1 Å². The van der Waals surface area contributed by atoms with Crippen LogP contribution in [0, 0.1) is 0 Å². The van der Waals surface area contributed by atoms with Crippen LogP contribution in [0.25, 0.3) is 16.8 Å². The van der Waals surface area contributed by atoms with Crippen molar-refractivity contribution in [1.82, 2.24) is 0 Å². The van der Waals surface area contributed by atoms with Crippen LogP contribution in [0.4, 0.5) is 0 Å². The fourth-order valence-corrected chi connectivity index (χ4v) is 2.54. The predicted octanol–water partition coefficient (Wildman–Crippen LogP) is 5.50. The van der Waals surface area contributed by atoms with Crippen molar-refractivity contribution in [1.29, 1.82) is 0 Å². The summed E-state index contributed by atoms with van der Waals surface area (Å²) in [5.74, 6) is 0.00966. The summed E-state index contributed by atoms with van der Waals surface area (Å²) < 4.78 is 0.970. The second-order valence-corrected chi connectivity index (χ2v) is 5.69. The van der Waals surface area contributed by atoms with Crippen LogP contribution in [0.15, 0.2) is 77.3 Å². The first-order valence-electron chi connectivity index (χ1n) is 6.70. The Morgan fingerprint density at radius 1 is 0.857 bits per heavy atom. The van der Waals surface area contributed by atoms with Crippen LogP contribution in [-0.4, -0.2) is 5.78 Å². The Morgan fingerprint density at radius 3 is 2.38 bits per heavy atom. The molecule has 0 fully saturated rings. The quantitative estimate of drug-likeness (QED) is 0.456. The van der Waals surface area contributed by atoms with Gasteiger partial charge >= 0.3 is 0 Å².